The highest BCUT2D eigenvalue weighted by molar-refractivity contribution is 5.94. The Hall–Kier alpha value is -2.51. The summed E-state index contributed by atoms with van der Waals surface area (Å²) in [7, 11) is 0. The first-order valence-electron chi connectivity index (χ1n) is 6.71. The van der Waals surface area contributed by atoms with E-state index in [4.69, 9.17) is 9.52 Å². The largest absolute Gasteiger partial charge is 0.467 e. The van der Waals surface area contributed by atoms with E-state index in [9.17, 15) is 4.79 Å². The number of benzene rings is 1. The second kappa shape index (κ2) is 7.32. The molecule has 0 aliphatic heterocycles. The first-order valence-corrected chi connectivity index (χ1v) is 6.71. The molecule has 0 saturated heterocycles. The van der Waals surface area contributed by atoms with Gasteiger partial charge in [0.2, 0.25) is 0 Å². The first-order chi connectivity index (χ1) is 10.2. The van der Waals surface area contributed by atoms with E-state index in [1.807, 2.05) is 25.1 Å². The number of nitrogens with one attached hydrogen (secondary N) is 1. The van der Waals surface area contributed by atoms with E-state index >= 15 is 0 Å². The minimum Gasteiger partial charge on any atom is -0.467 e. The smallest absolute Gasteiger partial charge is 0.251 e. The third-order valence-electron chi connectivity index (χ3n) is 2.81. The molecule has 1 aromatic carbocycles. The zero-order valence-electron chi connectivity index (χ0n) is 11.8. The Balaban J connectivity index is 2.08. The van der Waals surface area contributed by atoms with Crippen LogP contribution in [0, 0.1) is 18.8 Å². The molecule has 21 heavy (non-hydrogen) atoms. The molecule has 0 spiro atoms. The molecule has 0 bridgehead atoms. The summed E-state index contributed by atoms with van der Waals surface area (Å²) in [6.07, 6.45) is 2.00. The van der Waals surface area contributed by atoms with Crippen LogP contribution in [0.15, 0.2) is 41.0 Å². The lowest BCUT2D eigenvalue weighted by Gasteiger charge is -2.05. The quantitative estimate of drug-likeness (QED) is 0.846. The maximum Gasteiger partial charge on any atom is 0.251 e. The van der Waals surface area contributed by atoms with Crippen LogP contribution < -0.4 is 5.32 Å². The number of aliphatic hydroxyl groups is 1. The molecule has 2 rings (SSSR count). The molecule has 2 aromatic rings. The van der Waals surface area contributed by atoms with Crippen molar-refractivity contribution in [3.8, 4) is 11.8 Å². The van der Waals surface area contributed by atoms with Gasteiger partial charge in [-0.1, -0.05) is 11.8 Å². The van der Waals surface area contributed by atoms with Crippen molar-refractivity contribution in [1.29, 1.82) is 0 Å². The Bertz CT molecular complexity index is 663. The van der Waals surface area contributed by atoms with E-state index in [1.165, 1.54) is 0 Å². The average molecular weight is 283 g/mol. The molecule has 0 atom stereocenters. The second-order valence-corrected chi connectivity index (χ2v) is 4.63. The summed E-state index contributed by atoms with van der Waals surface area (Å²) < 4.78 is 5.17. The monoisotopic (exact) mass is 283 g/mol. The number of carbonyl (C=O) groups excluding carboxylic acids is 1. The molecule has 4 nitrogen and oxygen atoms in total. The van der Waals surface area contributed by atoms with Gasteiger partial charge in [-0.2, -0.15) is 0 Å². The van der Waals surface area contributed by atoms with E-state index < -0.39 is 0 Å². The van der Waals surface area contributed by atoms with Gasteiger partial charge < -0.3 is 14.8 Å². The predicted octanol–water partition coefficient (Wildman–Crippen LogP) is 2.25. The molecule has 0 fully saturated rings. The number of rotatable bonds is 4. The average Bonchev–Trinajstić information content (AvgIpc) is 2.98. The third-order valence-corrected chi connectivity index (χ3v) is 2.81. The number of hydrogen-bond donors (Lipinski definition) is 2. The number of aryl methyl sites for hydroxylation is 1. The van der Waals surface area contributed by atoms with Crippen LogP contribution in [0.3, 0.4) is 0 Å². The molecule has 0 radical (unpaired) electrons. The normalized spacial score (nSPS) is 9.81. The van der Waals surface area contributed by atoms with Gasteiger partial charge in [-0.3, -0.25) is 4.79 Å². The first kappa shape index (κ1) is 14.9. The zero-order valence-corrected chi connectivity index (χ0v) is 11.8. The summed E-state index contributed by atoms with van der Waals surface area (Å²) in [6.45, 7) is 2.31. The molecule has 1 aromatic heterocycles. The lowest BCUT2D eigenvalue weighted by molar-refractivity contribution is 0.0948. The fourth-order valence-electron chi connectivity index (χ4n) is 1.89. The van der Waals surface area contributed by atoms with Crippen molar-refractivity contribution in [1.82, 2.24) is 5.32 Å². The molecular weight excluding hydrogens is 266 g/mol. The van der Waals surface area contributed by atoms with Crippen LogP contribution in [0.5, 0.6) is 0 Å². The van der Waals surface area contributed by atoms with E-state index in [1.54, 1.807) is 18.4 Å². The van der Waals surface area contributed by atoms with E-state index in [0.717, 1.165) is 11.1 Å². The highest BCUT2D eigenvalue weighted by atomic mass is 16.3. The predicted molar refractivity (Wildman–Crippen MR) is 79.6 cm³/mol. The van der Waals surface area contributed by atoms with E-state index in [0.29, 0.717) is 24.3 Å². The van der Waals surface area contributed by atoms with Gasteiger partial charge in [0.15, 0.2) is 0 Å². The molecule has 0 aliphatic rings. The van der Waals surface area contributed by atoms with Gasteiger partial charge in [-0.05, 0) is 42.8 Å². The second-order valence-electron chi connectivity index (χ2n) is 4.63. The Morgan fingerprint density at radius 2 is 2.24 bits per heavy atom. The van der Waals surface area contributed by atoms with Crippen molar-refractivity contribution in [2.45, 2.75) is 19.9 Å². The third kappa shape index (κ3) is 4.51. The van der Waals surface area contributed by atoms with Crippen LogP contribution in [0.25, 0.3) is 0 Å². The summed E-state index contributed by atoms with van der Waals surface area (Å²) in [5.74, 6) is 6.34. The van der Waals surface area contributed by atoms with Crippen molar-refractivity contribution in [2.24, 2.45) is 0 Å². The van der Waals surface area contributed by atoms with Gasteiger partial charge in [-0.15, -0.1) is 0 Å². The topological polar surface area (TPSA) is 62.5 Å². The molecule has 4 heteroatoms. The number of carbonyl (C=O) groups is 1. The fraction of sp³-hybridized carbons (Fsp3) is 0.235. The van der Waals surface area contributed by atoms with Gasteiger partial charge >= 0.3 is 0 Å². The maximum absolute atomic E-state index is 12.1. The summed E-state index contributed by atoms with van der Waals surface area (Å²) in [5, 5.41) is 11.5. The summed E-state index contributed by atoms with van der Waals surface area (Å²) in [5.41, 5.74) is 2.30. The standard InChI is InChI=1S/C17H17NO3/c1-13-9-14(5-2-3-7-19)11-15(10-13)17(20)18-12-16-6-4-8-21-16/h4,6,8-11,19H,3,7,12H2,1H3,(H,18,20). The molecular formula is C17H17NO3. The lowest BCUT2D eigenvalue weighted by atomic mass is 10.1. The number of furan rings is 1. The summed E-state index contributed by atoms with van der Waals surface area (Å²) in [4.78, 5) is 12.1. The van der Waals surface area contributed by atoms with Crippen LogP contribution in [0.4, 0.5) is 0 Å². The van der Waals surface area contributed by atoms with E-state index in [-0.39, 0.29) is 12.5 Å². The Labute approximate surface area is 123 Å². The van der Waals surface area contributed by atoms with Crippen LogP contribution in [0.2, 0.25) is 0 Å². The molecule has 0 unspecified atom stereocenters. The van der Waals surface area contributed by atoms with Crippen molar-refractivity contribution in [3.05, 3.63) is 59.0 Å². The van der Waals surface area contributed by atoms with Crippen LogP contribution in [-0.4, -0.2) is 17.6 Å². The minimum atomic E-state index is -0.166. The van der Waals surface area contributed by atoms with Crippen molar-refractivity contribution in [3.63, 3.8) is 0 Å². The Kier molecular flexibility index (Phi) is 5.19. The summed E-state index contributed by atoms with van der Waals surface area (Å²) in [6, 6.07) is 9.06. The number of hydrogen-bond acceptors (Lipinski definition) is 3. The Morgan fingerprint density at radius 3 is 2.95 bits per heavy atom. The SMILES string of the molecule is Cc1cc(C#CCCO)cc(C(=O)NCc2ccco2)c1. The van der Waals surface area contributed by atoms with Crippen LogP contribution >= 0.6 is 0 Å². The van der Waals surface area contributed by atoms with E-state index in [2.05, 4.69) is 17.2 Å². The highest BCUT2D eigenvalue weighted by Crippen LogP contribution is 2.10. The van der Waals surface area contributed by atoms with Gasteiger partial charge in [0, 0.05) is 17.5 Å². The Morgan fingerprint density at radius 1 is 1.38 bits per heavy atom. The van der Waals surface area contributed by atoms with Crippen molar-refractivity contribution >= 4 is 5.91 Å². The van der Waals surface area contributed by atoms with Crippen LogP contribution in [0.1, 0.15) is 33.7 Å². The molecule has 0 aliphatic carbocycles. The van der Waals surface area contributed by atoms with Crippen molar-refractivity contribution in [2.75, 3.05) is 6.61 Å². The highest BCUT2D eigenvalue weighted by Gasteiger charge is 2.07. The molecule has 108 valence electrons. The van der Waals surface area contributed by atoms with Crippen LogP contribution in [-0.2, 0) is 6.54 Å². The van der Waals surface area contributed by atoms with Gasteiger partial charge in [0.05, 0.1) is 19.4 Å². The molecule has 1 amide bonds. The van der Waals surface area contributed by atoms with Crippen molar-refractivity contribution < 1.29 is 14.3 Å². The molecule has 2 N–H and O–H groups in total. The zero-order chi connectivity index (χ0) is 15.1. The molecule has 0 saturated carbocycles. The summed E-state index contributed by atoms with van der Waals surface area (Å²) >= 11 is 0. The fourth-order valence-corrected chi connectivity index (χ4v) is 1.89. The van der Waals surface area contributed by atoms with Gasteiger partial charge in [0.25, 0.3) is 5.91 Å². The van der Waals surface area contributed by atoms with Gasteiger partial charge in [-0.25, -0.2) is 0 Å². The maximum atomic E-state index is 12.1. The van der Waals surface area contributed by atoms with Gasteiger partial charge in [0.1, 0.15) is 5.76 Å². The number of amides is 1. The number of aliphatic hydroxyl groups excluding tert-OH is 1. The lowest BCUT2D eigenvalue weighted by Crippen LogP contribution is -2.22. The minimum absolute atomic E-state index is 0.0370. The molecule has 1 heterocycles.